The number of anilines is 1. The van der Waals surface area contributed by atoms with Crippen molar-refractivity contribution in [1.82, 2.24) is 29.7 Å². The summed E-state index contributed by atoms with van der Waals surface area (Å²) in [5.74, 6) is 1.14. The highest BCUT2D eigenvalue weighted by molar-refractivity contribution is 7.93. The largest absolute Gasteiger partial charge is 0.481 e. The summed E-state index contributed by atoms with van der Waals surface area (Å²) in [5, 5.41) is 7.69. The molecule has 0 aliphatic heterocycles. The van der Waals surface area contributed by atoms with Crippen LogP contribution in [0.5, 0.6) is 5.88 Å². The van der Waals surface area contributed by atoms with Crippen LogP contribution in [0.1, 0.15) is 51.6 Å². The van der Waals surface area contributed by atoms with E-state index >= 15 is 0 Å². The number of rotatable bonds is 11. The van der Waals surface area contributed by atoms with Crippen LogP contribution in [0.25, 0.3) is 11.5 Å². The molecule has 0 radical (unpaired) electrons. The Bertz CT molecular complexity index is 1200. The van der Waals surface area contributed by atoms with Crippen molar-refractivity contribution >= 4 is 27.6 Å². The smallest absolute Gasteiger partial charge is 0.240 e. The predicted octanol–water partition coefficient (Wildman–Crippen LogP) is 3.67. The van der Waals surface area contributed by atoms with Gasteiger partial charge >= 0.3 is 0 Å². The lowest BCUT2D eigenvalue weighted by atomic mass is 10.1. The molecule has 1 N–H and O–H groups in total. The molecule has 0 fully saturated rings. The quantitative estimate of drug-likeness (QED) is 0.410. The maximum atomic E-state index is 13.3. The molecule has 0 saturated heterocycles. The Labute approximate surface area is 204 Å². The summed E-state index contributed by atoms with van der Waals surface area (Å²) in [6.45, 7) is 5.53. The molecule has 3 aromatic heterocycles. The van der Waals surface area contributed by atoms with Crippen LogP contribution in [-0.2, 0) is 14.8 Å². The van der Waals surface area contributed by atoms with E-state index in [0.717, 1.165) is 12.8 Å². The second-order valence-corrected chi connectivity index (χ2v) is 9.99. The van der Waals surface area contributed by atoms with E-state index in [1.807, 2.05) is 13.8 Å². The van der Waals surface area contributed by atoms with Crippen LogP contribution < -0.4 is 9.46 Å². The van der Waals surface area contributed by atoms with E-state index in [-0.39, 0.29) is 17.8 Å². The summed E-state index contributed by atoms with van der Waals surface area (Å²) in [6, 6.07) is 5.21. The Morgan fingerprint density at radius 1 is 1.12 bits per heavy atom. The van der Waals surface area contributed by atoms with Gasteiger partial charge in [0.25, 0.3) is 0 Å². The highest BCUT2D eigenvalue weighted by Crippen LogP contribution is 2.31. The summed E-state index contributed by atoms with van der Waals surface area (Å²) in [4.78, 5) is 12.7. The van der Waals surface area contributed by atoms with E-state index in [1.54, 1.807) is 22.8 Å². The standard InChI is InChI=1S/C21H28ClN7O4S/c1-6-15(7-2)29-20(16-9-8-10-17(25-16)32-4)26-27-21(29)28-34(30,31)13(3)18(33-5)19-23-11-14(22)12-24-19/h8-13,15,18H,6-7H2,1-5H3,(H,27,28)/t13-,18-/m0/s1. The first kappa shape index (κ1) is 25.8. The number of nitrogens with zero attached hydrogens (tertiary/aromatic N) is 6. The molecule has 3 aromatic rings. The molecule has 3 heterocycles. The van der Waals surface area contributed by atoms with Crippen molar-refractivity contribution in [3.05, 3.63) is 41.4 Å². The zero-order chi connectivity index (χ0) is 24.9. The number of methoxy groups -OCH3 is 2. The minimum atomic E-state index is -3.99. The van der Waals surface area contributed by atoms with Crippen LogP contribution >= 0.6 is 11.6 Å². The van der Waals surface area contributed by atoms with Crippen molar-refractivity contribution in [3.63, 3.8) is 0 Å². The fraction of sp³-hybridized carbons (Fsp3) is 0.476. The van der Waals surface area contributed by atoms with Crippen LogP contribution in [0.2, 0.25) is 5.02 Å². The van der Waals surface area contributed by atoms with Gasteiger partial charge in [0, 0.05) is 31.6 Å². The molecule has 13 heteroatoms. The van der Waals surface area contributed by atoms with Gasteiger partial charge in [-0.05, 0) is 25.8 Å². The average molecular weight is 510 g/mol. The van der Waals surface area contributed by atoms with Crippen molar-refractivity contribution in [3.8, 4) is 17.4 Å². The SMILES string of the molecule is CCC(CC)n1c(NS(=O)(=O)[C@@H](C)[C@H](OC)c2ncc(Cl)cn2)nnc1-c1cccc(OC)n1. The lowest BCUT2D eigenvalue weighted by Gasteiger charge is -2.23. The maximum Gasteiger partial charge on any atom is 0.240 e. The van der Waals surface area contributed by atoms with Crippen LogP contribution in [0.15, 0.2) is 30.6 Å². The van der Waals surface area contributed by atoms with Crippen LogP contribution in [0.3, 0.4) is 0 Å². The molecule has 0 bridgehead atoms. The Morgan fingerprint density at radius 3 is 2.38 bits per heavy atom. The van der Waals surface area contributed by atoms with Crippen LogP contribution in [0.4, 0.5) is 5.95 Å². The molecule has 0 spiro atoms. The summed E-state index contributed by atoms with van der Waals surface area (Å²) in [5.41, 5.74) is 0.515. The second-order valence-electron chi connectivity index (χ2n) is 7.52. The van der Waals surface area contributed by atoms with Crippen molar-refractivity contribution in [2.45, 2.75) is 51.0 Å². The van der Waals surface area contributed by atoms with Crippen LogP contribution in [-0.4, -0.2) is 57.6 Å². The van der Waals surface area contributed by atoms with Gasteiger partial charge in [-0.25, -0.2) is 23.4 Å². The summed E-state index contributed by atoms with van der Waals surface area (Å²) in [6.07, 6.45) is 3.31. The monoisotopic (exact) mass is 509 g/mol. The minimum absolute atomic E-state index is 0.0659. The molecule has 184 valence electrons. The van der Waals surface area contributed by atoms with Crippen molar-refractivity contribution in [2.75, 3.05) is 18.9 Å². The molecule has 0 aromatic carbocycles. The molecule has 34 heavy (non-hydrogen) atoms. The number of halogens is 1. The summed E-state index contributed by atoms with van der Waals surface area (Å²) >= 11 is 5.86. The molecule has 11 nitrogen and oxygen atoms in total. The first-order valence-electron chi connectivity index (χ1n) is 10.7. The van der Waals surface area contributed by atoms with Crippen LogP contribution in [0, 0.1) is 0 Å². The number of hydrogen-bond acceptors (Lipinski definition) is 9. The third-order valence-corrected chi connectivity index (χ3v) is 7.35. The topological polar surface area (TPSA) is 134 Å². The van der Waals surface area contributed by atoms with Gasteiger partial charge in [0.1, 0.15) is 17.0 Å². The van der Waals surface area contributed by atoms with E-state index in [9.17, 15) is 8.42 Å². The first-order chi connectivity index (χ1) is 16.2. The number of ether oxygens (including phenoxy) is 2. The third-order valence-electron chi connectivity index (χ3n) is 5.46. The molecule has 3 rings (SSSR count). The van der Waals surface area contributed by atoms with E-state index in [1.165, 1.54) is 33.5 Å². The molecular formula is C21H28ClN7O4S. The molecule has 0 saturated carbocycles. The summed E-state index contributed by atoms with van der Waals surface area (Å²) < 4.78 is 41.7. The molecule has 0 amide bonds. The van der Waals surface area contributed by atoms with Gasteiger partial charge in [-0.15, -0.1) is 10.2 Å². The Balaban J connectivity index is 2.00. The Morgan fingerprint density at radius 2 is 1.79 bits per heavy atom. The zero-order valence-corrected chi connectivity index (χ0v) is 21.2. The number of nitrogens with one attached hydrogen (secondary N) is 1. The predicted molar refractivity (Wildman–Crippen MR) is 128 cm³/mol. The number of aromatic nitrogens is 6. The zero-order valence-electron chi connectivity index (χ0n) is 19.6. The normalized spacial score (nSPS) is 13.6. The Kier molecular flexibility index (Phi) is 8.39. The van der Waals surface area contributed by atoms with Crippen molar-refractivity contribution in [1.29, 1.82) is 0 Å². The van der Waals surface area contributed by atoms with Gasteiger partial charge in [0.05, 0.1) is 12.1 Å². The molecule has 0 unspecified atom stereocenters. The molecule has 2 atom stereocenters. The van der Waals surface area contributed by atoms with Gasteiger partial charge in [-0.2, -0.15) is 0 Å². The highest BCUT2D eigenvalue weighted by Gasteiger charge is 2.34. The van der Waals surface area contributed by atoms with E-state index < -0.39 is 21.4 Å². The molecule has 0 aliphatic carbocycles. The maximum absolute atomic E-state index is 13.3. The van der Waals surface area contributed by atoms with E-state index in [2.05, 4.69) is 29.9 Å². The number of hydrogen-bond donors (Lipinski definition) is 1. The fourth-order valence-electron chi connectivity index (χ4n) is 3.55. The lowest BCUT2D eigenvalue weighted by Crippen LogP contribution is -2.33. The van der Waals surface area contributed by atoms with Gasteiger partial charge in [0.2, 0.25) is 21.9 Å². The first-order valence-corrected chi connectivity index (χ1v) is 12.7. The van der Waals surface area contributed by atoms with Crippen molar-refractivity contribution in [2.24, 2.45) is 0 Å². The number of pyridine rings is 1. The van der Waals surface area contributed by atoms with Gasteiger partial charge < -0.3 is 9.47 Å². The van der Waals surface area contributed by atoms with Gasteiger partial charge in [0.15, 0.2) is 11.6 Å². The minimum Gasteiger partial charge on any atom is -0.481 e. The fourth-order valence-corrected chi connectivity index (χ4v) is 4.78. The lowest BCUT2D eigenvalue weighted by molar-refractivity contribution is 0.0950. The van der Waals surface area contributed by atoms with E-state index in [0.29, 0.717) is 22.4 Å². The number of sulfonamides is 1. The second kappa shape index (κ2) is 11.1. The van der Waals surface area contributed by atoms with Gasteiger partial charge in [-0.1, -0.05) is 31.5 Å². The average Bonchev–Trinajstić information content (AvgIpc) is 3.24. The molecular weight excluding hydrogens is 482 g/mol. The van der Waals surface area contributed by atoms with E-state index in [4.69, 9.17) is 21.1 Å². The highest BCUT2D eigenvalue weighted by atomic mass is 35.5. The molecule has 0 aliphatic rings. The third kappa shape index (κ3) is 5.45. The Hall–Kier alpha value is -2.83. The van der Waals surface area contributed by atoms with Crippen molar-refractivity contribution < 1.29 is 17.9 Å². The summed E-state index contributed by atoms with van der Waals surface area (Å²) in [7, 11) is -1.07. The van der Waals surface area contributed by atoms with Gasteiger partial charge in [-0.3, -0.25) is 9.29 Å².